The van der Waals surface area contributed by atoms with Crippen molar-refractivity contribution in [2.24, 2.45) is 0 Å². The van der Waals surface area contributed by atoms with Gasteiger partial charge in [-0.15, -0.1) is 0 Å². The summed E-state index contributed by atoms with van der Waals surface area (Å²) >= 11 is 5.78. The molecule has 0 saturated carbocycles. The molecule has 126 valence electrons. The number of rotatable bonds is 6. The molecule has 0 saturated heterocycles. The van der Waals surface area contributed by atoms with Crippen molar-refractivity contribution in [3.63, 3.8) is 0 Å². The summed E-state index contributed by atoms with van der Waals surface area (Å²) in [6, 6.07) is 10.8. The molecule has 2 rings (SSSR count). The van der Waals surface area contributed by atoms with Gasteiger partial charge >= 0.3 is 5.97 Å². The summed E-state index contributed by atoms with van der Waals surface area (Å²) in [4.78, 5) is 23.2. The maximum absolute atomic E-state index is 13.4. The smallest absolute Gasteiger partial charge is 0.344 e. The van der Waals surface area contributed by atoms with Gasteiger partial charge in [-0.2, -0.15) is 0 Å². The highest BCUT2D eigenvalue weighted by Crippen LogP contribution is 2.17. The highest BCUT2D eigenvalue weighted by molar-refractivity contribution is 6.30. The van der Waals surface area contributed by atoms with Crippen LogP contribution in [-0.4, -0.2) is 25.1 Å². The van der Waals surface area contributed by atoms with Gasteiger partial charge in [-0.1, -0.05) is 23.7 Å². The number of amides is 1. The molecule has 1 N–H and O–H groups in total. The van der Waals surface area contributed by atoms with Gasteiger partial charge in [0.15, 0.2) is 13.2 Å². The van der Waals surface area contributed by atoms with E-state index in [-0.39, 0.29) is 12.3 Å². The first kappa shape index (κ1) is 17.7. The summed E-state index contributed by atoms with van der Waals surface area (Å²) in [6.07, 6.45) is 0. The van der Waals surface area contributed by atoms with Crippen molar-refractivity contribution >= 4 is 29.2 Å². The number of halogens is 2. The van der Waals surface area contributed by atoms with Crippen molar-refractivity contribution in [2.75, 3.05) is 18.5 Å². The van der Waals surface area contributed by atoms with Gasteiger partial charge in [-0.05, 0) is 42.8 Å². The number of benzene rings is 2. The summed E-state index contributed by atoms with van der Waals surface area (Å²) in [5.74, 6) is -1.30. The van der Waals surface area contributed by atoms with Crippen LogP contribution in [-0.2, 0) is 14.3 Å². The van der Waals surface area contributed by atoms with Crippen LogP contribution in [0.1, 0.15) is 5.56 Å². The number of anilines is 1. The molecule has 0 radical (unpaired) electrons. The average molecular weight is 352 g/mol. The van der Waals surface area contributed by atoms with E-state index in [1.807, 2.05) is 0 Å². The fourth-order valence-electron chi connectivity index (χ4n) is 1.75. The quantitative estimate of drug-likeness (QED) is 0.811. The molecule has 2 aromatic carbocycles. The Morgan fingerprint density at radius 2 is 1.96 bits per heavy atom. The fraction of sp³-hybridized carbons (Fsp3) is 0.176. The molecular weight excluding hydrogens is 337 g/mol. The van der Waals surface area contributed by atoms with Crippen molar-refractivity contribution < 1.29 is 23.5 Å². The van der Waals surface area contributed by atoms with Crippen LogP contribution in [0, 0.1) is 12.7 Å². The maximum atomic E-state index is 13.4. The zero-order valence-electron chi connectivity index (χ0n) is 12.8. The van der Waals surface area contributed by atoms with Gasteiger partial charge in [-0.3, -0.25) is 4.79 Å². The summed E-state index contributed by atoms with van der Waals surface area (Å²) in [6.45, 7) is 0.767. The Balaban J connectivity index is 1.74. The molecule has 0 aromatic heterocycles. The summed E-state index contributed by atoms with van der Waals surface area (Å²) < 4.78 is 23.3. The summed E-state index contributed by atoms with van der Waals surface area (Å²) in [5, 5.41) is 2.91. The molecule has 0 fully saturated rings. The Morgan fingerprint density at radius 3 is 2.67 bits per heavy atom. The third-order valence-electron chi connectivity index (χ3n) is 2.97. The second-order valence-electron chi connectivity index (χ2n) is 4.92. The zero-order chi connectivity index (χ0) is 17.5. The first-order chi connectivity index (χ1) is 11.4. The third-order valence-corrected chi connectivity index (χ3v) is 3.21. The van der Waals surface area contributed by atoms with Crippen LogP contribution >= 0.6 is 11.6 Å². The van der Waals surface area contributed by atoms with E-state index in [0.29, 0.717) is 16.3 Å². The van der Waals surface area contributed by atoms with Gasteiger partial charge in [0.05, 0.1) is 0 Å². The first-order valence-corrected chi connectivity index (χ1v) is 7.42. The van der Waals surface area contributed by atoms with Crippen LogP contribution in [0.25, 0.3) is 0 Å². The van der Waals surface area contributed by atoms with Crippen LogP contribution in [0.15, 0.2) is 42.5 Å². The van der Waals surface area contributed by atoms with Crippen LogP contribution in [0.4, 0.5) is 10.1 Å². The number of hydrogen-bond acceptors (Lipinski definition) is 4. The lowest BCUT2D eigenvalue weighted by atomic mass is 10.2. The average Bonchev–Trinajstić information content (AvgIpc) is 2.54. The molecule has 0 unspecified atom stereocenters. The van der Waals surface area contributed by atoms with Crippen LogP contribution in [0.5, 0.6) is 5.75 Å². The van der Waals surface area contributed by atoms with Crippen molar-refractivity contribution in [2.45, 2.75) is 6.92 Å². The largest absolute Gasteiger partial charge is 0.482 e. The molecule has 1 amide bonds. The minimum absolute atomic E-state index is 0.286. The van der Waals surface area contributed by atoms with E-state index < -0.39 is 24.3 Å². The van der Waals surface area contributed by atoms with Gasteiger partial charge in [0, 0.05) is 10.7 Å². The van der Waals surface area contributed by atoms with E-state index in [2.05, 4.69) is 5.32 Å². The number of carbonyl (C=O) groups excluding carboxylic acids is 2. The maximum Gasteiger partial charge on any atom is 0.344 e. The lowest BCUT2D eigenvalue weighted by molar-refractivity contribution is -0.149. The molecule has 0 bridgehead atoms. The molecule has 0 aliphatic carbocycles. The van der Waals surface area contributed by atoms with E-state index in [1.54, 1.807) is 37.3 Å². The SMILES string of the molecule is Cc1ccc(NC(=O)COC(=O)COc2cccc(Cl)c2)cc1F. The van der Waals surface area contributed by atoms with E-state index in [1.165, 1.54) is 12.1 Å². The highest BCUT2D eigenvalue weighted by Gasteiger charge is 2.10. The number of esters is 1. The topological polar surface area (TPSA) is 64.6 Å². The number of carbonyl (C=O) groups is 2. The Morgan fingerprint density at radius 1 is 1.17 bits per heavy atom. The Hall–Kier alpha value is -2.60. The molecule has 0 heterocycles. The molecule has 0 atom stereocenters. The van der Waals surface area contributed by atoms with E-state index in [4.69, 9.17) is 21.1 Å². The van der Waals surface area contributed by atoms with Crippen LogP contribution in [0.3, 0.4) is 0 Å². The molecule has 24 heavy (non-hydrogen) atoms. The van der Waals surface area contributed by atoms with Crippen LogP contribution < -0.4 is 10.1 Å². The molecule has 0 aliphatic heterocycles. The van der Waals surface area contributed by atoms with E-state index in [9.17, 15) is 14.0 Å². The summed E-state index contributed by atoms with van der Waals surface area (Å²) in [7, 11) is 0. The lowest BCUT2D eigenvalue weighted by Gasteiger charge is -2.08. The number of ether oxygens (including phenoxy) is 2. The predicted molar refractivity (Wildman–Crippen MR) is 87.7 cm³/mol. The second kappa shape index (κ2) is 8.31. The lowest BCUT2D eigenvalue weighted by Crippen LogP contribution is -2.23. The number of aryl methyl sites for hydroxylation is 1. The van der Waals surface area contributed by atoms with Gasteiger partial charge in [-0.25, -0.2) is 9.18 Å². The Labute approximate surface area is 143 Å². The predicted octanol–water partition coefficient (Wildman–Crippen LogP) is 3.35. The molecule has 2 aromatic rings. The molecule has 5 nitrogen and oxygen atoms in total. The normalized spacial score (nSPS) is 10.1. The van der Waals surface area contributed by atoms with Gasteiger partial charge in [0.2, 0.25) is 0 Å². The zero-order valence-corrected chi connectivity index (χ0v) is 13.6. The number of hydrogen-bond donors (Lipinski definition) is 1. The van der Waals surface area contributed by atoms with Gasteiger partial charge in [0.25, 0.3) is 5.91 Å². The first-order valence-electron chi connectivity index (χ1n) is 7.04. The molecule has 7 heteroatoms. The van der Waals surface area contributed by atoms with Crippen molar-refractivity contribution in [1.82, 2.24) is 0 Å². The molecular formula is C17H15ClFNO4. The standard InChI is InChI=1S/C17H15ClFNO4/c1-11-5-6-13(8-15(11)19)20-16(21)9-24-17(22)10-23-14-4-2-3-12(18)7-14/h2-8H,9-10H2,1H3,(H,20,21). The minimum atomic E-state index is -0.708. The fourth-order valence-corrected chi connectivity index (χ4v) is 1.93. The third kappa shape index (κ3) is 5.55. The van der Waals surface area contributed by atoms with Crippen molar-refractivity contribution in [3.8, 4) is 5.75 Å². The monoisotopic (exact) mass is 351 g/mol. The number of nitrogens with one attached hydrogen (secondary N) is 1. The van der Waals surface area contributed by atoms with E-state index in [0.717, 1.165) is 0 Å². The van der Waals surface area contributed by atoms with Gasteiger partial charge < -0.3 is 14.8 Å². The van der Waals surface area contributed by atoms with E-state index >= 15 is 0 Å². The molecule has 0 spiro atoms. The second-order valence-corrected chi connectivity index (χ2v) is 5.36. The highest BCUT2D eigenvalue weighted by atomic mass is 35.5. The minimum Gasteiger partial charge on any atom is -0.482 e. The van der Waals surface area contributed by atoms with Gasteiger partial charge in [0.1, 0.15) is 11.6 Å². The summed E-state index contributed by atoms with van der Waals surface area (Å²) in [5.41, 5.74) is 0.756. The Bertz CT molecular complexity index is 751. The van der Waals surface area contributed by atoms with Crippen molar-refractivity contribution in [3.05, 3.63) is 58.9 Å². The Kier molecular flexibility index (Phi) is 6.14. The van der Waals surface area contributed by atoms with Crippen LogP contribution in [0.2, 0.25) is 5.02 Å². The van der Waals surface area contributed by atoms with Crippen molar-refractivity contribution in [1.29, 1.82) is 0 Å². The molecule has 0 aliphatic rings.